The summed E-state index contributed by atoms with van der Waals surface area (Å²) in [5, 5.41) is 1.91. The summed E-state index contributed by atoms with van der Waals surface area (Å²) in [5.41, 5.74) is 0.111. The zero-order valence-corrected chi connectivity index (χ0v) is 55.9. The van der Waals surface area contributed by atoms with E-state index in [9.17, 15) is 19.2 Å². The first-order valence-electron chi connectivity index (χ1n) is 40.3. The predicted molar refractivity (Wildman–Crippen MR) is 381 cm³/mol. The van der Waals surface area contributed by atoms with Gasteiger partial charge in [0.05, 0.1) is 41.4 Å². The van der Waals surface area contributed by atoms with Gasteiger partial charge in [-0.15, -0.1) is 29.7 Å². The van der Waals surface area contributed by atoms with Crippen molar-refractivity contribution in [1.29, 1.82) is 0 Å². The van der Waals surface area contributed by atoms with E-state index in [-0.39, 0.29) is 170 Å². The van der Waals surface area contributed by atoms with Gasteiger partial charge in [0.15, 0.2) is 0 Å². The van der Waals surface area contributed by atoms with Crippen LogP contribution in [-0.2, 0) is 48.1 Å². The van der Waals surface area contributed by atoms with Crippen molar-refractivity contribution in [3.05, 3.63) is 305 Å². The van der Waals surface area contributed by atoms with Gasteiger partial charge in [0.1, 0.15) is 5.82 Å². The number of para-hydroxylation sites is 2. The molecule has 3 aromatic heterocycles. The molecule has 6 heteroatoms. The summed E-state index contributed by atoms with van der Waals surface area (Å²) in [6.45, 7) is 20.2. The van der Waals surface area contributed by atoms with Gasteiger partial charge in [0.25, 0.3) is 6.33 Å². The maximum Gasteiger partial charge on any atom is 0.268 e. The molecule has 3 aliphatic rings. The zero-order valence-electron chi connectivity index (χ0n) is 71.6. The molecule has 14 aromatic rings. The Morgan fingerprint density at radius 1 is 0.468 bits per heavy atom. The van der Waals surface area contributed by atoms with Crippen LogP contribution >= 0.6 is 0 Å². The molecule has 2 aliphatic carbocycles. The van der Waals surface area contributed by atoms with Gasteiger partial charge >= 0.3 is 0 Å². The minimum absolute atomic E-state index is 0. The Hall–Kier alpha value is -9.67. The molecule has 0 bridgehead atoms. The van der Waals surface area contributed by atoms with Crippen molar-refractivity contribution in [3.8, 4) is 84.3 Å². The van der Waals surface area contributed by atoms with E-state index in [1.54, 1.807) is 101 Å². The second-order valence-corrected chi connectivity index (χ2v) is 27.7. The predicted octanol–water partition coefficient (Wildman–Crippen LogP) is 21.5. The van der Waals surface area contributed by atoms with Crippen LogP contribution in [0.25, 0.3) is 106 Å². The summed E-state index contributed by atoms with van der Waals surface area (Å²) in [7, 11) is 0. The maximum atomic E-state index is 11.0. The number of fused-ring (bicyclic) bond motifs is 14. The molecule has 0 spiro atoms. The van der Waals surface area contributed by atoms with Crippen LogP contribution in [0.4, 0.5) is 0 Å². The molecule has 94 heavy (non-hydrogen) atoms. The summed E-state index contributed by atoms with van der Waals surface area (Å²) in [4.78, 5) is 4.88. The molecule has 0 N–H and O–H groups in total. The number of ether oxygens (including phenoxy) is 1. The summed E-state index contributed by atoms with van der Waals surface area (Å²) < 4.78 is 190. The van der Waals surface area contributed by atoms with Gasteiger partial charge in [0.2, 0.25) is 0 Å². The average molecular weight is 1410 g/mol. The number of pyridine rings is 1. The Labute approximate surface area is 591 Å². The SMILES string of the molecule is [2H]c1c([2H])c([2H])c2c(c1[2H])-c1ccccc1-c1cccc3c1[n+]([c-]n3-c1[c-]c(Oc3[c-]c4c(cc3)c3ccccc3n4-c3cc(C(C)(C)C)ccn3)ccc1)-c1c(-c3c([2H])c([2H])c4c(c3[2H])C(C)(C)c3c([2H])c([2H])c([2H])c([2H])c3C4(C)C)ccc(-c3c([2H])c([2H])c4c(c3[2H])C(C)(C)c3c([2H])c([2H])c([2H])c([2H])c3C4(C)C)c1-2.[Pt]. The zero-order chi connectivity index (χ0) is 79.3. The Bertz CT molecular complexity index is 6600. The molecule has 5 nitrogen and oxygen atoms in total. The normalized spacial score (nSPS) is 17.7. The summed E-state index contributed by atoms with van der Waals surface area (Å²) in [6, 6.07) is 36.4. The minimum Gasteiger partial charge on any atom is -0.510 e. The van der Waals surface area contributed by atoms with Crippen LogP contribution in [0, 0.1) is 18.5 Å². The van der Waals surface area contributed by atoms with Crippen molar-refractivity contribution in [1.82, 2.24) is 14.1 Å². The van der Waals surface area contributed by atoms with E-state index in [2.05, 4.69) is 55.9 Å². The molecule has 462 valence electrons. The first-order valence-corrected chi connectivity index (χ1v) is 31.3. The third-order valence-corrected chi connectivity index (χ3v) is 19.7. The Morgan fingerprint density at radius 3 is 1.66 bits per heavy atom. The van der Waals surface area contributed by atoms with Gasteiger partial charge in [0, 0.05) is 71.5 Å². The molecule has 0 atom stereocenters. The fraction of sp³-hybridized carbons (Fsp3) is 0.182. The Morgan fingerprint density at radius 2 is 1.00 bits per heavy atom. The fourth-order valence-electron chi connectivity index (χ4n) is 14.7. The monoisotopic (exact) mass is 1410 g/mol. The summed E-state index contributed by atoms with van der Waals surface area (Å²) >= 11 is 0. The van der Waals surface area contributed by atoms with Crippen molar-refractivity contribution < 1.29 is 55.0 Å². The Kier molecular flexibility index (Phi) is 9.58. The van der Waals surface area contributed by atoms with Gasteiger partial charge in [-0.3, -0.25) is 4.57 Å². The average Bonchev–Trinajstić information content (AvgIpc) is 0.979. The molecular formula is C88H72N4OPt-2. The van der Waals surface area contributed by atoms with E-state index >= 15 is 0 Å². The number of benzene rings is 11. The molecule has 17 rings (SSSR count). The molecule has 11 aromatic carbocycles. The minimum atomic E-state index is -1.49. The first kappa shape index (κ1) is 42.5. The van der Waals surface area contributed by atoms with Gasteiger partial charge < -0.3 is 13.9 Å². The fourth-order valence-corrected chi connectivity index (χ4v) is 14.7. The molecule has 0 amide bonds. The third kappa shape index (κ3) is 8.76. The molecule has 4 heterocycles. The number of nitrogens with zero attached hydrogens (tertiary/aromatic N) is 4. The molecular weight excluding hydrogens is 1320 g/mol. The molecule has 1 aliphatic heterocycles. The smallest absolute Gasteiger partial charge is 0.268 e. The van der Waals surface area contributed by atoms with Crippen LogP contribution in [0.1, 0.15) is 151 Å². The molecule has 0 radical (unpaired) electrons. The number of hydrogen-bond donors (Lipinski definition) is 0. The van der Waals surface area contributed by atoms with E-state index in [4.69, 9.17) is 15.2 Å². The van der Waals surface area contributed by atoms with Gasteiger partial charge in [-0.2, -0.15) is 18.2 Å². The van der Waals surface area contributed by atoms with Crippen molar-refractivity contribution in [2.24, 2.45) is 0 Å². The number of hydrogen-bond acceptors (Lipinski definition) is 2. The molecule has 0 fully saturated rings. The van der Waals surface area contributed by atoms with Crippen molar-refractivity contribution in [2.75, 3.05) is 0 Å². The van der Waals surface area contributed by atoms with Crippen LogP contribution in [0.15, 0.2) is 236 Å². The van der Waals surface area contributed by atoms with Crippen LogP contribution in [0.3, 0.4) is 0 Å². The standard InChI is InChI=1S/C88H72N4O.Pt/c1-84(2,3)56-46-47-89-80(50-56)92-77-36-21-16-29-65(77)66-41-40-59(52-79(66)92)93-58-25-22-24-57(51-58)90-53-91-82-68(31-23-37-78(82)90)64-28-13-12-26-62(64)63-27-14-15-30-67(63)81-60(54-38-44-73-75(48-54)87(8,9)71-34-19-17-32-69(71)85(73,4)5)42-43-61(83(81)91)55-39-45-74-76(49-55)88(10,11)72-35-20-18-33-70(72)86(74,6)7;/h12-50H,1-11H3;/q-2;/i14D,15D,17D,18D,19D,20D,27D,30D,32D,33D,34D,35D,38D,39D,44D,45D,48D,49D;. The second-order valence-electron chi connectivity index (χ2n) is 27.7. The molecule has 0 unspecified atom stereocenters. The van der Waals surface area contributed by atoms with E-state index in [0.29, 0.717) is 45.0 Å². The first-order chi connectivity index (χ1) is 52.3. The van der Waals surface area contributed by atoms with Crippen molar-refractivity contribution in [2.45, 2.75) is 103 Å². The molecule has 0 saturated carbocycles. The van der Waals surface area contributed by atoms with E-state index in [1.807, 2.05) is 79.0 Å². The van der Waals surface area contributed by atoms with Crippen molar-refractivity contribution >= 4 is 32.8 Å². The third-order valence-electron chi connectivity index (χ3n) is 19.7. The maximum absolute atomic E-state index is 11.0. The van der Waals surface area contributed by atoms with Crippen LogP contribution in [0.5, 0.6) is 11.5 Å². The Balaban J connectivity index is 0.00000949. The van der Waals surface area contributed by atoms with Crippen LogP contribution < -0.4 is 9.30 Å². The number of rotatable bonds is 6. The molecule has 0 saturated heterocycles. The van der Waals surface area contributed by atoms with Crippen molar-refractivity contribution in [3.63, 3.8) is 0 Å². The second kappa shape index (κ2) is 21.2. The van der Waals surface area contributed by atoms with Crippen LogP contribution in [0.2, 0.25) is 0 Å². The van der Waals surface area contributed by atoms with E-state index in [1.165, 1.54) is 0 Å². The summed E-state index contributed by atoms with van der Waals surface area (Å²) in [6.07, 6.45) is 5.50. The van der Waals surface area contributed by atoms with E-state index < -0.39 is 82.1 Å². The summed E-state index contributed by atoms with van der Waals surface area (Å²) in [5.74, 6) is 1.31. The topological polar surface area (TPSA) is 35.9 Å². The van der Waals surface area contributed by atoms with Gasteiger partial charge in [-0.25, -0.2) is 4.98 Å². The number of imidazole rings is 1. The largest absolute Gasteiger partial charge is 0.510 e. The van der Waals surface area contributed by atoms with Crippen LogP contribution in [-0.4, -0.2) is 14.1 Å². The van der Waals surface area contributed by atoms with Gasteiger partial charge in [-0.05, 0) is 141 Å². The number of aromatic nitrogens is 4. The van der Waals surface area contributed by atoms with E-state index in [0.717, 1.165) is 27.4 Å². The van der Waals surface area contributed by atoms with Gasteiger partial charge in [-0.1, -0.05) is 257 Å². The quantitative estimate of drug-likeness (QED) is 0.123.